The third-order valence-corrected chi connectivity index (χ3v) is 5.32. The van der Waals surface area contributed by atoms with Crippen LogP contribution in [0.3, 0.4) is 0 Å². The minimum Gasteiger partial charge on any atom is -0.744 e. The standard InChI is InChI=1S/C18H11N7O10S/c26-21-22(16-8-4-13(23(27)28)10-18(16)25(31)32)12-3-7-15(17(9-12)24(29)30)20-19-11-1-5-14(6-2-11)36(33,34)35/h1-10H,(H,33,34,35)/p-1. The lowest BCUT2D eigenvalue weighted by molar-refractivity contribution is -0.393. The van der Waals surface area contributed by atoms with Crippen molar-refractivity contribution in [1.29, 1.82) is 0 Å². The molecular formula is C18H10N7O10S-. The van der Waals surface area contributed by atoms with E-state index in [1.165, 1.54) is 0 Å². The highest BCUT2D eigenvalue weighted by molar-refractivity contribution is 7.85. The number of benzene rings is 3. The van der Waals surface area contributed by atoms with Gasteiger partial charge in [0.2, 0.25) is 0 Å². The summed E-state index contributed by atoms with van der Waals surface area (Å²) in [4.78, 5) is 42.2. The zero-order valence-corrected chi connectivity index (χ0v) is 18.2. The van der Waals surface area contributed by atoms with Gasteiger partial charge in [-0.2, -0.15) is 10.1 Å². The van der Waals surface area contributed by atoms with Crippen LogP contribution in [0.15, 0.2) is 81.1 Å². The molecule has 17 nitrogen and oxygen atoms in total. The number of nitro benzene ring substituents is 3. The highest BCUT2D eigenvalue weighted by atomic mass is 32.2. The zero-order chi connectivity index (χ0) is 26.6. The van der Waals surface area contributed by atoms with E-state index in [1.807, 2.05) is 0 Å². The van der Waals surface area contributed by atoms with E-state index in [4.69, 9.17) is 0 Å². The number of nitrogens with zero attached hydrogens (tertiary/aromatic N) is 7. The molecule has 0 fully saturated rings. The van der Waals surface area contributed by atoms with Gasteiger partial charge in [0, 0.05) is 12.1 Å². The van der Waals surface area contributed by atoms with Gasteiger partial charge >= 0.3 is 5.69 Å². The number of rotatable bonds is 9. The van der Waals surface area contributed by atoms with Gasteiger partial charge in [0.1, 0.15) is 15.8 Å². The summed E-state index contributed by atoms with van der Waals surface area (Å²) in [5.41, 5.74) is -3.20. The molecule has 0 radical (unpaired) electrons. The number of nitroso groups, excluding NO2 is 1. The Labute approximate surface area is 199 Å². The predicted octanol–water partition coefficient (Wildman–Crippen LogP) is 4.55. The number of hydrogen-bond acceptors (Lipinski definition) is 13. The highest BCUT2D eigenvalue weighted by Gasteiger charge is 2.27. The summed E-state index contributed by atoms with van der Waals surface area (Å²) in [6.07, 6.45) is 0. The number of non-ortho nitro benzene ring substituents is 1. The monoisotopic (exact) mass is 516 g/mol. The molecule has 184 valence electrons. The van der Waals surface area contributed by atoms with E-state index in [1.54, 1.807) is 0 Å². The quantitative estimate of drug-likeness (QED) is 0.125. The first kappa shape index (κ1) is 25.4. The van der Waals surface area contributed by atoms with E-state index in [9.17, 15) is 48.2 Å². The van der Waals surface area contributed by atoms with Crippen LogP contribution in [-0.4, -0.2) is 27.7 Å². The van der Waals surface area contributed by atoms with Crippen LogP contribution in [0, 0.1) is 35.3 Å². The molecule has 0 aliphatic heterocycles. The lowest BCUT2D eigenvalue weighted by atomic mass is 10.2. The molecule has 36 heavy (non-hydrogen) atoms. The summed E-state index contributed by atoms with van der Waals surface area (Å²) in [7, 11) is -4.68. The van der Waals surface area contributed by atoms with Gasteiger partial charge in [0.15, 0.2) is 5.69 Å². The van der Waals surface area contributed by atoms with Crippen molar-refractivity contribution in [2.24, 2.45) is 15.5 Å². The summed E-state index contributed by atoms with van der Waals surface area (Å²) >= 11 is 0. The predicted molar refractivity (Wildman–Crippen MR) is 119 cm³/mol. The van der Waals surface area contributed by atoms with Crippen molar-refractivity contribution >= 4 is 49.9 Å². The van der Waals surface area contributed by atoms with Gasteiger partial charge in [-0.1, -0.05) is 0 Å². The molecule has 0 unspecified atom stereocenters. The smallest absolute Gasteiger partial charge is 0.301 e. The van der Waals surface area contributed by atoms with Crippen molar-refractivity contribution in [1.82, 2.24) is 0 Å². The fourth-order valence-corrected chi connectivity index (χ4v) is 3.32. The van der Waals surface area contributed by atoms with E-state index < -0.39 is 52.5 Å². The second-order valence-corrected chi connectivity index (χ2v) is 8.04. The topological polar surface area (TPSA) is 244 Å². The largest absolute Gasteiger partial charge is 0.744 e. The molecule has 0 heterocycles. The molecule has 0 spiro atoms. The van der Waals surface area contributed by atoms with Crippen LogP contribution < -0.4 is 5.01 Å². The van der Waals surface area contributed by atoms with E-state index in [2.05, 4.69) is 15.5 Å². The van der Waals surface area contributed by atoms with Crippen molar-refractivity contribution in [2.75, 3.05) is 5.01 Å². The van der Waals surface area contributed by atoms with Gasteiger partial charge in [-0.25, -0.2) is 8.42 Å². The average molecular weight is 516 g/mol. The molecule has 0 amide bonds. The molecule has 0 aliphatic carbocycles. The van der Waals surface area contributed by atoms with Gasteiger partial charge < -0.3 is 4.55 Å². The number of azo groups is 1. The highest BCUT2D eigenvalue weighted by Crippen LogP contribution is 2.40. The Morgan fingerprint density at radius 2 is 1.39 bits per heavy atom. The van der Waals surface area contributed by atoms with Gasteiger partial charge in [0.05, 0.1) is 42.4 Å². The normalized spacial score (nSPS) is 11.2. The summed E-state index contributed by atoms with van der Waals surface area (Å²) in [5, 5.41) is 44.4. The van der Waals surface area contributed by atoms with Gasteiger partial charge in [-0.15, -0.1) is 10.0 Å². The first-order chi connectivity index (χ1) is 16.9. The van der Waals surface area contributed by atoms with Crippen LogP contribution in [0.5, 0.6) is 0 Å². The maximum absolute atomic E-state index is 11.6. The van der Waals surface area contributed by atoms with Gasteiger partial charge in [0.25, 0.3) is 11.4 Å². The first-order valence-corrected chi connectivity index (χ1v) is 10.7. The summed E-state index contributed by atoms with van der Waals surface area (Å²) in [6.45, 7) is 0. The van der Waals surface area contributed by atoms with E-state index in [0.29, 0.717) is 11.1 Å². The second-order valence-electron chi connectivity index (χ2n) is 6.66. The number of hydrogen-bond donors (Lipinski definition) is 0. The Bertz CT molecular complexity index is 1520. The van der Waals surface area contributed by atoms with Crippen LogP contribution in [0.25, 0.3) is 0 Å². The molecule has 3 aromatic rings. The van der Waals surface area contributed by atoms with Crippen molar-refractivity contribution in [3.63, 3.8) is 0 Å². The Morgan fingerprint density at radius 1 is 0.750 bits per heavy atom. The maximum Gasteiger partial charge on any atom is 0.301 e. The van der Waals surface area contributed by atoms with Crippen LogP contribution >= 0.6 is 0 Å². The molecular weight excluding hydrogens is 506 g/mol. The Kier molecular flexibility index (Phi) is 7.02. The fraction of sp³-hybridized carbons (Fsp3) is 0. The van der Waals surface area contributed by atoms with Crippen LogP contribution in [0.2, 0.25) is 0 Å². The molecule has 3 rings (SSSR count). The van der Waals surface area contributed by atoms with E-state index >= 15 is 0 Å². The molecule has 0 bridgehead atoms. The van der Waals surface area contributed by atoms with Gasteiger partial charge in [-0.3, -0.25) is 30.3 Å². The van der Waals surface area contributed by atoms with Crippen molar-refractivity contribution < 1.29 is 27.7 Å². The van der Waals surface area contributed by atoms with Crippen molar-refractivity contribution in [3.8, 4) is 0 Å². The lowest BCUT2D eigenvalue weighted by Crippen LogP contribution is -2.10. The lowest BCUT2D eigenvalue weighted by Gasteiger charge is -2.15. The Balaban J connectivity index is 2.02. The number of anilines is 2. The zero-order valence-electron chi connectivity index (χ0n) is 17.4. The van der Waals surface area contributed by atoms with Crippen LogP contribution in [-0.2, 0) is 10.1 Å². The van der Waals surface area contributed by atoms with E-state index in [-0.39, 0.29) is 17.1 Å². The minimum atomic E-state index is -4.68. The van der Waals surface area contributed by atoms with Crippen molar-refractivity contribution in [2.45, 2.75) is 4.90 Å². The SMILES string of the molecule is O=NN(c1ccc(N=Nc2ccc(S(=O)(=O)[O-])cc2)c([N+](=O)[O-])c1)c1ccc([N+](=O)[O-])cc1[N+](=O)[O-]. The summed E-state index contributed by atoms with van der Waals surface area (Å²) in [6, 6.07) is 9.60. The van der Waals surface area contributed by atoms with Crippen LogP contribution in [0.1, 0.15) is 0 Å². The summed E-state index contributed by atoms with van der Waals surface area (Å²) in [5.74, 6) is 0. The average Bonchev–Trinajstić information content (AvgIpc) is 2.83. The third-order valence-electron chi connectivity index (χ3n) is 4.48. The fourth-order valence-electron chi connectivity index (χ4n) is 2.85. The molecule has 0 N–H and O–H groups in total. The first-order valence-electron chi connectivity index (χ1n) is 9.24. The number of nitro groups is 3. The summed E-state index contributed by atoms with van der Waals surface area (Å²) < 4.78 is 32.9. The minimum absolute atomic E-state index is 0.0541. The molecule has 18 heteroatoms. The Hall–Kier alpha value is -5.23. The molecule has 0 atom stereocenters. The van der Waals surface area contributed by atoms with Gasteiger partial charge in [-0.05, 0) is 42.5 Å². The second kappa shape index (κ2) is 9.95. The molecule has 0 aromatic heterocycles. The van der Waals surface area contributed by atoms with Crippen LogP contribution in [0.4, 0.5) is 39.8 Å². The third kappa shape index (κ3) is 5.46. The Morgan fingerprint density at radius 3 is 1.92 bits per heavy atom. The van der Waals surface area contributed by atoms with Crippen molar-refractivity contribution in [3.05, 3.63) is 95.9 Å². The molecule has 3 aromatic carbocycles. The maximum atomic E-state index is 11.6. The molecule has 0 saturated heterocycles. The molecule has 0 aliphatic rings. The molecule has 0 saturated carbocycles. The van der Waals surface area contributed by atoms with E-state index in [0.717, 1.165) is 54.6 Å².